The van der Waals surface area contributed by atoms with E-state index in [1.807, 2.05) is 38.0 Å². The summed E-state index contributed by atoms with van der Waals surface area (Å²) in [6.45, 7) is 1.90. The molecule has 118 valence electrons. The second kappa shape index (κ2) is 7.87. The number of hydrogen-bond donors (Lipinski definition) is 0. The summed E-state index contributed by atoms with van der Waals surface area (Å²) >= 11 is 0. The van der Waals surface area contributed by atoms with Crippen LogP contribution in [0.2, 0.25) is 0 Å². The van der Waals surface area contributed by atoms with Crippen molar-refractivity contribution in [1.29, 1.82) is 0 Å². The lowest BCUT2D eigenvalue weighted by Crippen LogP contribution is -2.35. The van der Waals surface area contributed by atoms with E-state index in [1.54, 1.807) is 0 Å². The second-order valence-corrected chi connectivity index (χ2v) is 5.89. The van der Waals surface area contributed by atoms with Gasteiger partial charge < -0.3 is 14.7 Å². The SMILES string of the molecule is CN(C)C(=NCc1ccc2c(c1)CCCN2C)N(C)C.I. The number of nitrogens with zero attached hydrogens (tertiary/aromatic N) is 4. The Morgan fingerprint density at radius 2 is 1.86 bits per heavy atom. The van der Waals surface area contributed by atoms with Crippen LogP contribution in [0.1, 0.15) is 17.5 Å². The molecule has 0 unspecified atom stereocenters. The second-order valence-electron chi connectivity index (χ2n) is 5.89. The minimum atomic E-state index is 0. The standard InChI is InChI=1S/C16H26N4.HI/c1-18(2)16(19(3)4)17-12-13-8-9-15-14(11-13)7-6-10-20(15)5;/h8-9,11H,6-7,10,12H2,1-5H3;1H. The molecule has 0 fully saturated rings. The van der Waals surface area contributed by atoms with E-state index in [2.05, 4.69) is 30.1 Å². The molecule has 1 aliphatic rings. The number of fused-ring (bicyclic) bond motifs is 1. The lowest BCUT2D eigenvalue weighted by Gasteiger charge is -2.28. The van der Waals surface area contributed by atoms with Crippen LogP contribution >= 0.6 is 24.0 Å². The fourth-order valence-corrected chi connectivity index (χ4v) is 2.78. The molecular weight excluding hydrogens is 375 g/mol. The van der Waals surface area contributed by atoms with Crippen molar-refractivity contribution in [2.45, 2.75) is 19.4 Å². The molecule has 0 saturated heterocycles. The van der Waals surface area contributed by atoms with E-state index < -0.39 is 0 Å². The van der Waals surface area contributed by atoms with Gasteiger partial charge >= 0.3 is 0 Å². The molecule has 0 aliphatic carbocycles. The van der Waals surface area contributed by atoms with Gasteiger partial charge in [0.2, 0.25) is 0 Å². The average molecular weight is 402 g/mol. The van der Waals surface area contributed by atoms with Gasteiger partial charge in [-0.05, 0) is 30.0 Å². The highest BCUT2D eigenvalue weighted by Crippen LogP contribution is 2.26. The molecular formula is C16H27IN4. The molecule has 0 aromatic heterocycles. The van der Waals surface area contributed by atoms with Crippen molar-refractivity contribution < 1.29 is 0 Å². The minimum absolute atomic E-state index is 0. The molecule has 0 amide bonds. The van der Waals surface area contributed by atoms with Gasteiger partial charge in [-0.3, -0.25) is 0 Å². The van der Waals surface area contributed by atoms with E-state index in [4.69, 9.17) is 4.99 Å². The topological polar surface area (TPSA) is 22.1 Å². The van der Waals surface area contributed by atoms with Gasteiger partial charge in [-0.2, -0.15) is 0 Å². The molecule has 0 saturated carbocycles. The predicted octanol–water partition coefficient (Wildman–Crippen LogP) is 2.67. The van der Waals surface area contributed by atoms with E-state index in [9.17, 15) is 0 Å². The van der Waals surface area contributed by atoms with Crippen LogP contribution in [0.4, 0.5) is 5.69 Å². The Morgan fingerprint density at radius 3 is 2.48 bits per heavy atom. The molecule has 5 heteroatoms. The Balaban J connectivity index is 0.00000220. The zero-order valence-electron chi connectivity index (χ0n) is 13.8. The Labute approximate surface area is 145 Å². The summed E-state index contributed by atoms with van der Waals surface area (Å²) in [7, 11) is 10.3. The Bertz CT molecular complexity index is 487. The van der Waals surface area contributed by atoms with Gasteiger partial charge in [0.1, 0.15) is 0 Å². The maximum Gasteiger partial charge on any atom is 0.195 e. The molecule has 0 N–H and O–H groups in total. The minimum Gasteiger partial charge on any atom is -0.374 e. The fourth-order valence-electron chi connectivity index (χ4n) is 2.78. The van der Waals surface area contributed by atoms with Crippen molar-refractivity contribution in [2.24, 2.45) is 4.99 Å². The first-order chi connectivity index (χ1) is 9.49. The van der Waals surface area contributed by atoms with E-state index in [0.717, 1.165) is 19.0 Å². The fraction of sp³-hybridized carbons (Fsp3) is 0.562. The average Bonchev–Trinajstić information content (AvgIpc) is 2.38. The van der Waals surface area contributed by atoms with Gasteiger partial charge in [-0.1, -0.05) is 12.1 Å². The lowest BCUT2D eigenvalue weighted by atomic mass is 10.00. The number of aryl methyl sites for hydroxylation is 1. The monoisotopic (exact) mass is 402 g/mol. The molecule has 21 heavy (non-hydrogen) atoms. The van der Waals surface area contributed by atoms with Gasteiger partial charge in [0.25, 0.3) is 0 Å². The Morgan fingerprint density at radius 1 is 1.19 bits per heavy atom. The predicted molar refractivity (Wildman–Crippen MR) is 102 cm³/mol. The Hall–Kier alpha value is -0.980. The quantitative estimate of drug-likeness (QED) is 0.432. The molecule has 1 aromatic carbocycles. The zero-order valence-corrected chi connectivity index (χ0v) is 16.1. The summed E-state index contributed by atoms with van der Waals surface area (Å²) in [5, 5.41) is 0. The smallest absolute Gasteiger partial charge is 0.195 e. The number of anilines is 1. The van der Waals surface area contributed by atoms with Crippen molar-refractivity contribution in [2.75, 3.05) is 46.7 Å². The van der Waals surface area contributed by atoms with Crippen LogP contribution in [-0.2, 0) is 13.0 Å². The van der Waals surface area contributed by atoms with E-state index in [0.29, 0.717) is 0 Å². The summed E-state index contributed by atoms with van der Waals surface area (Å²) in [5.74, 6) is 1.000. The van der Waals surface area contributed by atoms with Gasteiger partial charge in [-0.15, -0.1) is 24.0 Å². The Kier molecular flexibility index (Phi) is 6.77. The van der Waals surface area contributed by atoms with Crippen LogP contribution in [-0.4, -0.2) is 57.5 Å². The molecule has 1 heterocycles. The maximum atomic E-state index is 4.72. The summed E-state index contributed by atoms with van der Waals surface area (Å²) in [6, 6.07) is 6.76. The highest BCUT2D eigenvalue weighted by atomic mass is 127. The summed E-state index contributed by atoms with van der Waals surface area (Å²) in [4.78, 5) is 11.2. The highest BCUT2D eigenvalue weighted by molar-refractivity contribution is 14.0. The molecule has 0 radical (unpaired) electrons. The molecule has 0 spiro atoms. The maximum absolute atomic E-state index is 4.72. The largest absolute Gasteiger partial charge is 0.374 e. The summed E-state index contributed by atoms with van der Waals surface area (Å²) < 4.78 is 0. The third-order valence-electron chi connectivity index (χ3n) is 3.70. The van der Waals surface area contributed by atoms with Crippen LogP contribution in [0.3, 0.4) is 0 Å². The van der Waals surface area contributed by atoms with E-state index in [-0.39, 0.29) is 24.0 Å². The van der Waals surface area contributed by atoms with Crippen molar-refractivity contribution in [3.63, 3.8) is 0 Å². The number of guanidine groups is 1. The molecule has 1 aliphatic heterocycles. The molecule has 4 nitrogen and oxygen atoms in total. The third-order valence-corrected chi connectivity index (χ3v) is 3.70. The van der Waals surface area contributed by atoms with Gasteiger partial charge in [0, 0.05) is 47.5 Å². The molecule has 1 aromatic rings. The van der Waals surface area contributed by atoms with Crippen LogP contribution < -0.4 is 4.90 Å². The zero-order chi connectivity index (χ0) is 14.7. The molecule has 0 atom stereocenters. The highest BCUT2D eigenvalue weighted by Gasteiger charge is 2.13. The normalized spacial score (nSPS) is 13.1. The number of benzene rings is 1. The first kappa shape index (κ1) is 18.1. The van der Waals surface area contributed by atoms with Crippen molar-refractivity contribution in [1.82, 2.24) is 9.80 Å². The number of halogens is 1. The van der Waals surface area contributed by atoms with Gasteiger partial charge in [0.05, 0.1) is 6.54 Å². The van der Waals surface area contributed by atoms with Crippen LogP contribution in [0.5, 0.6) is 0 Å². The first-order valence-corrected chi connectivity index (χ1v) is 7.21. The van der Waals surface area contributed by atoms with Crippen molar-refractivity contribution in [3.05, 3.63) is 29.3 Å². The van der Waals surface area contributed by atoms with Crippen LogP contribution in [0.25, 0.3) is 0 Å². The lowest BCUT2D eigenvalue weighted by molar-refractivity contribution is 0.479. The number of aliphatic imine (C=N–C) groups is 1. The number of hydrogen-bond acceptors (Lipinski definition) is 2. The summed E-state index contributed by atoms with van der Waals surface area (Å²) in [5.41, 5.74) is 4.13. The molecule has 0 bridgehead atoms. The van der Waals surface area contributed by atoms with E-state index in [1.165, 1.54) is 29.7 Å². The van der Waals surface area contributed by atoms with Crippen molar-refractivity contribution >= 4 is 35.6 Å². The summed E-state index contributed by atoms with van der Waals surface area (Å²) in [6.07, 6.45) is 2.43. The first-order valence-electron chi connectivity index (χ1n) is 7.21. The van der Waals surface area contributed by atoms with Crippen molar-refractivity contribution in [3.8, 4) is 0 Å². The van der Waals surface area contributed by atoms with Crippen LogP contribution in [0, 0.1) is 0 Å². The van der Waals surface area contributed by atoms with Gasteiger partial charge in [0.15, 0.2) is 5.96 Å². The van der Waals surface area contributed by atoms with E-state index >= 15 is 0 Å². The molecule has 2 rings (SSSR count). The third kappa shape index (κ3) is 4.49. The van der Waals surface area contributed by atoms with Crippen LogP contribution in [0.15, 0.2) is 23.2 Å². The van der Waals surface area contributed by atoms with Gasteiger partial charge in [-0.25, -0.2) is 4.99 Å². The number of rotatable bonds is 2.